The summed E-state index contributed by atoms with van der Waals surface area (Å²) in [4.78, 5) is 25.6. The van der Waals surface area contributed by atoms with Gasteiger partial charge in [0.2, 0.25) is 0 Å². The van der Waals surface area contributed by atoms with Crippen LogP contribution in [0, 0.1) is 6.92 Å². The van der Waals surface area contributed by atoms with Gasteiger partial charge in [-0.1, -0.05) is 30.3 Å². The van der Waals surface area contributed by atoms with E-state index in [1.54, 1.807) is 12.4 Å². The molecule has 2 heterocycles. The largest absolute Gasteiger partial charge is 0.368 e. The molecule has 0 spiro atoms. The van der Waals surface area contributed by atoms with Gasteiger partial charge in [-0.3, -0.25) is 4.79 Å². The molecule has 1 aliphatic rings. The summed E-state index contributed by atoms with van der Waals surface area (Å²) in [6.07, 6.45) is 3.15. The lowest BCUT2D eigenvalue weighted by Gasteiger charge is -2.35. The Balaban J connectivity index is 1.36. The van der Waals surface area contributed by atoms with Gasteiger partial charge >= 0.3 is 0 Å². The molecule has 142 valence electrons. The first-order valence-corrected chi connectivity index (χ1v) is 9.44. The number of carbonyl (C=O) groups excluding carboxylic acids is 1. The number of aromatic nitrogens is 2. The number of hydrogen-bond acceptors (Lipinski definition) is 5. The second kappa shape index (κ2) is 8.08. The molecule has 1 fully saturated rings. The van der Waals surface area contributed by atoms with Gasteiger partial charge in [0, 0.05) is 37.6 Å². The van der Waals surface area contributed by atoms with Crippen LogP contribution < -0.4 is 10.2 Å². The lowest BCUT2D eigenvalue weighted by atomic mass is 10.2. The fourth-order valence-corrected chi connectivity index (χ4v) is 3.34. The van der Waals surface area contributed by atoms with Crippen LogP contribution in [0.1, 0.15) is 16.1 Å². The molecule has 1 amide bonds. The van der Waals surface area contributed by atoms with Crippen LogP contribution >= 0.6 is 0 Å². The molecule has 4 rings (SSSR count). The summed E-state index contributed by atoms with van der Waals surface area (Å²) in [7, 11) is 0. The Morgan fingerprint density at radius 3 is 2.39 bits per heavy atom. The average Bonchev–Trinajstić information content (AvgIpc) is 2.75. The summed E-state index contributed by atoms with van der Waals surface area (Å²) in [5, 5.41) is 3.21. The number of carbonyl (C=O) groups is 1. The number of aryl methyl sites for hydroxylation is 1. The van der Waals surface area contributed by atoms with Crippen molar-refractivity contribution >= 4 is 23.1 Å². The van der Waals surface area contributed by atoms with Crippen LogP contribution in [0.3, 0.4) is 0 Å². The maximum atomic E-state index is 12.7. The van der Waals surface area contributed by atoms with Gasteiger partial charge in [0.1, 0.15) is 11.5 Å². The number of rotatable bonds is 4. The topological polar surface area (TPSA) is 61.4 Å². The van der Waals surface area contributed by atoms with Crippen LogP contribution in [-0.4, -0.2) is 47.0 Å². The predicted molar refractivity (Wildman–Crippen MR) is 111 cm³/mol. The molecule has 2 aromatic carbocycles. The maximum Gasteiger partial charge on any atom is 0.274 e. The van der Waals surface area contributed by atoms with Gasteiger partial charge in [-0.25, -0.2) is 9.97 Å². The molecule has 1 N–H and O–H groups in total. The van der Waals surface area contributed by atoms with Crippen molar-refractivity contribution in [2.75, 3.05) is 36.4 Å². The van der Waals surface area contributed by atoms with Crippen molar-refractivity contribution in [2.24, 2.45) is 0 Å². The minimum Gasteiger partial charge on any atom is -0.368 e. The molecule has 0 radical (unpaired) electrons. The number of hydrogen-bond donors (Lipinski definition) is 1. The Bertz CT molecular complexity index is 935. The monoisotopic (exact) mass is 373 g/mol. The zero-order valence-electron chi connectivity index (χ0n) is 15.9. The zero-order valence-corrected chi connectivity index (χ0v) is 15.9. The molecule has 0 saturated carbocycles. The molecule has 3 aromatic rings. The number of amides is 1. The molecule has 1 aliphatic heterocycles. The van der Waals surface area contributed by atoms with Gasteiger partial charge < -0.3 is 15.1 Å². The average molecular weight is 373 g/mol. The van der Waals surface area contributed by atoms with Crippen LogP contribution in [0.5, 0.6) is 0 Å². The summed E-state index contributed by atoms with van der Waals surface area (Å²) < 4.78 is 0. The Labute approximate surface area is 164 Å². The molecule has 6 heteroatoms. The van der Waals surface area contributed by atoms with E-state index in [0.717, 1.165) is 18.8 Å². The smallest absolute Gasteiger partial charge is 0.274 e. The summed E-state index contributed by atoms with van der Waals surface area (Å²) >= 11 is 0. The molecule has 0 unspecified atom stereocenters. The van der Waals surface area contributed by atoms with E-state index in [-0.39, 0.29) is 5.91 Å². The highest BCUT2D eigenvalue weighted by atomic mass is 16.2. The maximum absolute atomic E-state index is 12.7. The van der Waals surface area contributed by atoms with E-state index >= 15 is 0 Å². The number of nitrogens with one attached hydrogen (secondary N) is 1. The first-order chi connectivity index (χ1) is 13.7. The van der Waals surface area contributed by atoms with E-state index in [0.29, 0.717) is 24.6 Å². The third kappa shape index (κ3) is 4.11. The fourth-order valence-electron chi connectivity index (χ4n) is 3.34. The molecular formula is C22H23N5O. The van der Waals surface area contributed by atoms with E-state index in [9.17, 15) is 4.79 Å². The summed E-state index contributed by atoms with van der Waals surface area (Å²) in [6.45, 7) is 5.03. The van der Waals surface area contributed by atoms with Crippen molar-refractivity contribution in [3.63, 3.8) is 0 Å². The molecule has 0 aliphatic carbocycles. The van der Waals surface area contributed by atoms with Gasteiger partial charge in [0.05, 0.1) is 12.4 Å². The van der Waals surface area contributed by atoms with E-state index < -0.39 is 0 Å². The second-order valence-corrected chi connectivity index (χ2v) is 6.90. The predicted octanol–water partition coefficient (Wildman–Crippen LogP) is 3.49. The van der Waals surface area contributed by atoms with Crippen molar-refractivity contribution in [3.05, 3.63) is 78.2 Å². The highest BCUT2D eigenvalue weighted by Gasteiger charge is 2.23. The minimum absolute atomic E-state index is 0.0673. The molecule has 0 bridgehead atoms. The van der Waals surface area contributed by atoms with E-state index in [2.05, 4.69) is 32.3 Å². The summed E-state index contributed by atoms with van der Waals surface area (Å²) in [5.41, 5.74) is 3.69. The van der Waals surface area contributed by atoms with E-state index in [4.69, 9.17) is 0 Å². The van der Waals surface area contributed by atoms with Gasteiger partial charge in [0.25, 0.3) is 5.91 Å². The van der Waals surface area contributed by atoms with Crippen LogP contribution in [0.2, 0.25) is 0 Å². The van der Waals surface area contributed by atoms with Crippen molar-refractivity contribution in [2.45, 2.75) is 6.92 Å². The van der Waals surface area contributed by atoms with Crippen LogP contribution in [0.25, 0.3) is 0 Å². The molecule has 1 saturated heterocycles. The lowest BCUT2D eigenvalue weighted by Crippen LogP contribution is -2.49. The van der Waals surface area contributed by atoms with Crippen molar-refractivity contribution in [1.82, 2.24) is 14.9 Å². The first-order valence-electron chi connectivity index (χ1n) is 9.44. The number of benzene rings is 2. The lowest BCUT2D eigenvalue weighted by molar-refractivity contribution is 0.0740. The minimum atomic E-state index is -0.0673. The van der Waals surface area contributed by atoms with Crippen molar-refractivity contribution in [3.8, 4) is 0 Å². The van der Waals surface area contributed by atoms with Crippen LogP contribution in [0.15, 0.2) is 67.0 Å². The Morgan fingerprint density at radius 2 is 1.71 bits per heavy atom. The Hall–Kier alpha value is -3.41. The van der Waals surface area contributed by atoms with E-state index in [1.807, 2.05) is 54.3 Å². The number of para-hydroxylation sites is 1. The third-order valence-corrected chi connectivity index (χ3v) is 4.85. The molecule has 0 atom stereocenters. The van der Waals surface area contributed by atoms with Gasteiger partial charge in [-0.2, -0.15) is 0 Å². The van der Waals surface area contributed by atoms with Crippen LogP contribution in [-0.2, 0) is 0 Å². The van der Waals surface area contributed by atoms with Crippen LogP contribution in [0.4, 0.5) is 17.2 Å². The fraction of sp³-hybridized carbons (Fsp3) is 0.227. The SMILES string of the molecule is Cc1cccc(Nc2cnc(C(=O)N3CCN(c4ccccc4)CC3)cn2)c1. The quantitative estimate of drug-likeness (QED) is 0.759. The van der Waals surface area contributed by atoms with Crippen molar-refractivity contribution in [1.29, 1.82) is 0 Å². The van der Waals surface area contributed by atoms with Crippen molar-refractivity contribution < 1.29 is 4.79 Å². The molecule has 28 heavy (non-hydrogen) atoms. The van der Waals surface area contributed by atoms with Gasteiger partial charge in [0.15, 0.2) is 0 Å². The number of piperazine rings is 1. The highest BCUT2D eigenvalue weighted by molar-refractivity contribution is 5.92. The summed E-state index contributed by atoms with van der Waals surface area (Å²) in [6, 6.07) is 18.3. The normalized spacial score (nSPS) is 14.0. The molecule has 1 aromatic heterocycles. The standard InChI is InChI=1S/C22H23N5O/c1-17-6-5-7-18(14-17)25-21-16-23-20(15-24-21)22(28)27-12-10-26(11-13-27)19-8-3-2-4-9-19/h2-9,14-16H,10-13H2,1H3,(H,24,25). The molecular weight excluding hydrogens is 350 g/mol. The van der Waals surface area contributed by atoms with Gasteiger partial charge in [-0.05, 0) is 36.8 Å². The van der Waals surface area contributed by atoms with Gasteiger partial charge in [-0.15, -0.1) is 0 Å². The number of nitrogens with zero attached hydrogens (tertiary/aromatic N) is 4. The Morgan fingerprint density at radius 1 is 0.929 bits per heavy atom. The Kier molecular flexibility index (Phi) is 5.19. The zero-order chi connectivity index (χ0) is 19.3. The summed E-state index contributed by atoms with van der Waals surface area (Å²) in [5.74, 6) is 0.554. The van der Waals surface area contributed by atoms with E-state index in [1.165, 1.54) is 11.3 Å². The highest BCUT2D eigenvalue weighted by Crippen LogP contribution is 2.18. The molecule has 6 nitrogen and oxygen atoms in total. The first kappa shape index (κ1) is 18.0. The second-order valence-electron chi connectivity index (χ2n) is 6.90. The third-order valence-electron chi connectivity index (χ3n) is 4.85. The number of anilines is 3.